The van der Waals surface area contributed by atoms with Crippen LogP contribution in [0.3, 0.4) is 0 Å². The summed E-state index contributed by atoms with van der Waals surface area (Å²) in [7, 11) is 0. The summed E-state index contributed by atoms with van der Waals surface area (Å²) >= 11 is 0. The number of benzene rings is 1. The molecule has 0 amide bonds. The predicted molar refractivity (Wildman–Crippen MR) is 64.0 cm³/mol. The molecule has 1 heterocycles. The summed E-state index contributed by atoms with van der Waals surface area (Å²) in [5.74, 6) is 0. The van der Waals surface area contributed by atoms with E-state index in [9.17, 15) is 13.2 Å². The lowest BCUT2D eigenvalue weighted by Crippen LogP contribution is -2.36. The van der Waals surface area contributed by atoms with Gasteiger partial charge in [-0.3, -0.25) is 0 Å². The van der Waals surface area contributed by atoms with E-state index in [2.05, 4.69) is 4.90 Å². The van der Waals surface area contributed by atoms with Gasteiger partial charge in [-0.25, -0.2) is 0 Å². The van der Waals surface area contributed by atoms with E-state index in [1.165, 1.54) is 13.0 Å². The Morgan fingerprint density at radius 2 is 1.67 bits per heavy atom. The molecule has 2 nitrogen and oxygen atoms in total. The van der Waals surface area contributed by atoms with Crippen molar-refractivity contribution in [2.24, 2.45) is 0 Å². The summed E-state index contributed by atoms with van der Waals surface area (Å²) < 4.78 is 43.6. The molecule has 1 aromatic carbocycles. The van der Waals surface area contributed by atoms with Gasteiger partial charge >= 0.3 is 6.18 Å². The summed E-state index contributed by atoms with van der Waals surface area (Å²) in [5.41, 5.74) is 1.35. The van der Waals surface area contributed by atoms with Crippen molar-refractivity contribution >= 4 is 5.69 Å². The number of hydrogen-bond donors (Lipinski definition) is 0. The van der Waals surface area contributed by atoms with E-state index in [4.69, 9.17) is 4.74 Å². The Bertz CT molecular complexity index is 437. The van der Waals surface area contributed by atoms with Crippen molar-refractivity contribution in [2.45, 2.75) is 20.0 Å². The third-order valence-electron chi connectivity index (χ3n) is 3.42. The molecule has 18 heavy (non-hydrogen) atoms. The average molecular weight is 259 g/mol. The van der Waals surface area contributed by atoms with Gasteiger partial charge in [-0.15, -0.1) is 0 Å². The first-order valence-corrected chi connectivity index (χ1v) is 5.91. The standard InChI is InChI=1S/C13H16F3NO/c1-9-10(2)12(17-5-7-18-8-6-17)4-3-11(9)13(14,15)16/h3-4H,5-8H2,1-2H3. The molecule has 0 saturated carbocycles. The molecule has 1 aliphatic heterocycles. The Balaban J connectivity index is 2.37. The summed E-state index contributed by atoms with van der Waals surface area (Å²) in [6.07, 6.45) is -4.28. The molecule has 0 bridgehead atoms. The normalized spacial score (nSPS) is 17.1. The smallest absolute Gasteiger partial charge is 0.378 e. The van der Waals surface area contributed by atoms with Gasteiger partial charge in [0, 0.05) is 18.8 Å². The van der Waals surface area contributed by atoms with Gasteiger partial charge < -0.3 is 9.64 Å². The van der Waals surface area contributed by atoms with Gasteiger partial charge in [0.25, 0.3) is 0 Å². The average Bonchev–Trinajstić information content (AvgIpc) is 2.32. The second kappa shape index (κ2) is 4.80. The second-order valence-electron chi connectivity index (χ2n) is 4.48. The fraction of sp³-hybridized carbons (Fsp3) is 0.538. The highest BCUT2D eigenvalue weighted by atomic mass is 19.4. The van der Waals surface area contributed by atoms with Crippen LogP contribution in [0.4, 0.5) is 18.9 Å². The van der Waals surface area contributed by atoms with Crippen molar-refractivity contribution in [3.05, 3.63) is 28.8 Å². The monoisotopic (exact) mass is 259 g/mol. The Morgan fingerprint density at radius 1 is 1.06 bits per heavy atom. The van der Waals surface area contributed by atoms with E-state index in [-0.39, 0.29) is 0 Å². The van der Waals surface area contributed by atoms with Crippen molar-refractivity contribution < 1.29 is 17.9 Å². The molecule has 1 aromatic rings. The molecule has 5 heteroatoms. The minimum Gasteiger partial charge on any atom is -0.378 e. The SMILES string of the molecule is Cc1c(N2CCOCC2)ccc(C(F)(F)F)c1C. The molecule has 0 radical (unpaired) electrons. The number of hydrogen-bond acceptors (Lipinski definition) is 2. The van der Waals surface area contributed by atoms with E-state index in [0.717, 1.165) is 18.8 Å². The maximum absolute atomic E-state index is 12.8. The zero-order valence-electron chi connectivity index (χ0n) is 10.5. The Labute approximate surface area is 104 Å². The van der Waals surface area contributed by atoms with Crippen molar-refractivity contribution in [1.82, 2.24) is 0 Å². The zero-order valence-corrected chi connectivity index (χ0v) is 10.5. The Hall–Kier alpha value is -1.23. The zero-order chi connectivity index (χ0) is 13.3. The molecule has 2 rings (SSSR count). The van der Waals surface area contributed by atoms with Crippen LogP contribution in [0, 0.1) is 13.8 Å². The molecular weight excluding hydrogens is 243 g/mol. The highest BCUT2D eigenvalue weighted by molar-refractivity contribution is 5.58. The minimum absolute atomic E-state index is 0.312. The van der Waals surface area contributed by atoms with E-state index >= 15 is 0 Å². The molecule has 1 aliphatic rings. The molecule has 1 saturated heterocycles. The van der Waals surface area contributed by atoms with Gasteiger partial charge in [0.15, 0.2) is 0 Å². The first kappa shape index (κ1) is 13.2. The molecule has 0 unspecified atom stereocenters. The van der Waals surface area contributed by atoms with Gasteiger partial charge in [0.2, 0.25) is 0 Å². The molecule has 1 fully saturated rings. The van der Waals surface area contributed by atoms with Crippen LogP contribution < -0.4 is 4.90 Å². The predicted octanol–water partition coefficient (Wildman–Crippen LogP) is 3.16. The summed E-state index contributed by atoms with van der Waals surface area (Å²) in [5, 5.41) is 0. The number of ether oxygens (including phenoxy) is 1. The number of rotatable bonds is 1. The van der Waals surface area contributed by atoms with Crippen molar-refractivity contribution in [2.75, 3.05) is 31.2 Å². The summed E-state index contributed by atoms with van der Waals surface area (Å²) in [4.78, 5) is 2.08. The van der Waals surface area contributed by atoms with E-state index in [0.29, 0.717) is 24.3 Å². The van der Waals surface area contributed by atoms with Gasteiger partial charge in [-0.1, -0.05) is 0 Å². The summed E-state index contributed by atoms with van der Waals surface area (Å²) in [6, 6.07) is 2.74. The van der Waals surface area contributed by atoms with Crippen LogP contribution in [0.15, 0.2) is 12.1 Å². The van der Waals surface area contributed by atoms with Gasteiger partial charge in [-0.05, 0) is 37.1 Å². The maximum atomic E-state index is 12.8. The first-order chi connectivity index (χ1) is 8.41. The number of morpholine rings is 1. The van der Waals surface area contributed by atoms with Crippen LogP contribution in [0.5, 0.6) is 0 Å². The van der Waals surface area contributed by atoms with Crippen LogP contribution in [-0.4, -0.2) is 26.3 Å². The van der Waals surface area contributed by atoms with Crippen molar-refractivity contribution in [3.63, 3.8) is 0 Å². The van der Waals surface area contributed by atoms with E-state index < -0.39 is 11.7 Å². The van der Waals surface area contributed by atoms with Gasteiger partial charge in [-0.2, -0.15) is 13.2 Å². The summed E-state index contributed by atoms with van der Waals surface area (Å²) in [6.45, 7) is 5.98. The minimum atomic E-state index is -4.28. The molecular formula is C13H16F3NO. The molecule has 0 aromatic heterocycles. The lowest BCUT2D eigenvalue weighted by atomic mass is 10.00. The van der Waals surface area contributed by atoms with Crippen LogP contribution in [0.25, 0.3) is 0 Å². The van der Waals surface area contributed by atoms with E-state index in [1.54, 1.807) is 13.0 Å². The van der Waals surface area contributed by atoms with Crippen molar-refractivity contribution in [3.8, 4) is 0 Å². The molecule has 0 N–H and O–H groups in total. The molecule has 100 valence electrons. The van der Waals surface area contributed by atoms with Crippen molar-refractivity contribution in [1.29, 1.82) is 0 Å². The van der Waals surface area contributed by atoms with Gasteiger partial charge in [0.05, 0.1) is 18.8 Å². The topological polar surface area (TPSA) is 12.5 Å². The third-order valence-corrected chi connectivity index (χ3v) is 3.42. The van der Waals surface area contributed by atoms with Gasteiger partial charge in [0.1, 0.15) is 0 Å². The molecule has 0 atom stereocenters. The molecule has 0 spiro atoms. The highest BCUT2D eigenvalue weighted by Crippen LogP contribution is 2.36. The number of alkyl halides is 3. The van der Waals surface area contributed by atoms with Crippen LogP contribution in [-0.2, 0) is 10.9 Å². The molecule has 0 aliphatic carbocycles. The quantitative estimate of drug-likeness (QED) is 0.768. The number of nitrogens with zero attached hydrogens (tertiary/aromatic N) is 1. The van der Waals surface area contributed by atoms with Crippen LogP contribution in [0.2, 0.25) is 0 Å². The fourth-order valence-corrected chi connectivity index (χ4v) is 2.26. The third kappa shape index (κ3) is 2.46. The first-order valence-electron chi connectivity index (χ1n) is 5.91. The largest absolute Gasteiger partial charge is 0.416 e. The second-order valence-corrected chi connectivity index (χ2v) is 4.48. The lowest BCUT2D eigenvalue weighted by Gasteiger charge is -2.31. The Kier molecular flexibility index (Phi) is 3.52. The van der Waals surface area contributed by atoms with Crippen LogP contribution >= 0.6 is 0 Å². The highest BCUT2D eigenvalue weighted by Gasteiger charge is 2.33. The van der Waals surface area contributed by atoms with E-state index in [1.807, 2.05) is 0 Å². The Morgan fingerprint density at radius 3 is 2.22 bits per heavy atom. The fourth-order valence-electron chi connectivity index (χ4n) is 2.26. The lowest BCUT2D eigenvalue weighted by molar-refractivity contribution is -0.138. The maximum Gasteiger partial charge on any atom is 0.416 e. The number of anilines is 1. The van der Waals surface area contributed by atoms with Crippen LogP contribution in [0.1, 0.15) is 16.7 Å². The number of halogens is 3.